The van der Waals surface area contributed by atoms with Crippen molar-refractivity contribution in [1.29, 1.82) is 0 Å². The van der Waals surface area contributed by atoms with Gasteiger partial charge in [-0.25, -0.2) is 0 Å². The summed E-state index contributed by atoms with van der Waals surface area (Å²) in [5.41, 5.74) is 2.85. The van der Waals surface area contributed by atoms with Crippen LogP contribution in [0.3, 0.4) is 0 Å². The lowest BCUT2D eigenvalue weighted by atomic mass is 10.1. The van der Waals surface area contributed by atoms with Crippen molar-refractivity contribution in [3.8, 4) is 5.75 Å². The van der Waals surface area contributed by atoms with E-state index in [9.17, 15) is 14.9 Å². The predicted molar refractivity (Wildman–Crippen MR) is 92.5 cm³/mol. The fourth-order valence-corrected chi connectivity index (χ4v) is 2.21. The maximum Gasteiger partial charge on any atom is 0.274 e. The molecule has 0 saturated carbocycles. The van der Waals surface area contributed by atoms with E-state index < -0.39 is 11.0 Å². The van der Waals surface area contributed by atoms with Crippen LogP contribution in [0.2, 0.25) is 0 Å². The molecule has 1 N–H and O–H groups in total. The van der Waals surface area contributed by atoms with Crippen LogP contribution in [0.25, 0.3) is 0 Å². The van der Waals surface area contributed by atoms with Gasteiger partial charge in [-0.1, -0.05) is 18.2 Å². The number of ether oxygens (including phenoxy) is 1. The third-order valence-electron chi connectivity index (χ3n) is 3.69. The van der Waals surface area contributed by atoms with E-state index >= 15 is 0 Å². The number of hydrogen-bond acceptors (Lipinski definition) is 4. The van der Waals surface area contributed by atoms with Gasteiger partial charge in [0, 0.05) is 17.3 Å². The summed E-state index contributed by atoms with van der Waals surface area (Å²) in [6.45, 7) is 7.14. The zero-order chi connectivity index (χ0) is 17.9. The molecular weight excluding hydrogens is 308 g/mol. The van der Waals surface area contributed by atoms with Crippen LogP contribution in [-0.4, -0.2) is 16.9 Å². The highest BCUT2D eigenvalue weighted by Crippen LogP contribution is 2.23. The smallest absolute Gasteiger partial charge is 0.274 e. The monoisotopic (exact) mass is 328 g/mol. The predicted octanol–water partition coefficient (Wildman–Crippen LogP) is 3.93. The number of carbonyl (C=O) groups excluding carboxylic acids is 1. The first-order valence-electron chi connectivity index (χ1n) is 7.57. The standard InChI is InChI=1S/C18H20N2O4/c1-11-5-6-13(3)17(9-11)24-14(4)18(21)19-15-8-7-12(2)16(10-15)20(22)23/h5-10,14H,1-4H3,(H,19,21). The first-order chi connectivity index (χ1) is 11.3. The van der Waals surface area contributed by atoms with E-state index in [0.717, 1.165) is 11.1 Å². The second-order valence-corrected chi connectivity index (χ2v) is 5.78. The van der Waals surface area contributed by atoms with Crippen LogP contribution in [-0.2, 0) is 4.79 Å². The van der Waals surface area contributed by atoms with Gasteiger partial charge in [-0.05, 0) is 51.0 Å². The van der Waals surface area contributed by atoms with Gasteiger partial charge in [-0.2, -0.15) is 0 Å². The molecule has 0 spiro atoms. The van der Waals surface area contributed by atoms with Gasteiger partial charge in [0.05, 0.1) is 4.92 Å². The van der Waals surface area contributed by atoms with Crippen molar-refractivity contribution in [2.45, 2.75) is 33.8 Å². The number of rotatable bonds is 5. The fraction of sp³-hybridized carbons (Fsp3) is 0.278. The molecule has 126 valence electrons. The van der Waals surface area contributed by atoms with Crippen molar-refractivity contribution in [3.05, 3.63) is 63.2 Å². The van der Waals surface area contributed by atoms with Gasteiger partial charge in [0.2, 0.25) is 0 Å². The number of carbonyl (C=O) groups is 1. The second kappa shape index (κ2) is 7.12. The van der Waals surface area contributed by atoms with Crippen molar-refractivity contribution < 1.29 is 14.5 Å². The first-order valence-corrected chi connectivity index (χ1v) is 7.57. The Hall–Kier alpha value is -2.89. The van der Waals surface area contributed by atoms with Crippen molar-refractivity contribution >= 4 is 17.3 Å². The maximum atomic E-state index is 12.3. The number of nitro benzene ring substituents is 1. The molecule has 0 saturated heterocycles. The molecule has 6 nitrogen and oxygen atoms in total. The summed E-state index contributed by atoms with van der Waals surface area (Å²) < 4.78 is 5.72. The molecule has 6 heteroatoms. The van der Waals surface area contributed by atoms with E-state index in [4.69, 9.17) is 4.74 Å². The van der Waals surface area contributed by atoms with Crippen LogP contribution in [0.4, 0.5) is 11.4 Å². The van der Waals surface area contributed by atoms with Crippen molar-refractivity contribution in [1.82, 2.24) is 0 Å². The molecule has 1 atom stereocenters. The summed E-state index contributed by atoms with van der Waals surface area (Å²) in [5.74, 6) is 0.279. The molecule has 2 rings (SSSR count). The summed E-state index contributed by atoms with van der Waals surface area (Å²) in [7, 11) is 0. The number of benzene rings is 2. The molecule has 0 heterocycles. The van der Waals surface area contributed by atoms with Gasteiger partial charge in [-0.3, -0.25) is 14.9 Å². The topological polar surface area (TPSA) is 81.5 Å². The van der Waals surface area contributed by atoms with Gasteiger partial charge in [-0.15, -0.1) is 0 Å². The molecule has 1 amide bonds. The third-order valence-corrected chi connectivity index (χ3v) is 3.69. The molecule has 1 unspecified atom stereocenters. The molecule has 0 fully saturated rings. The van der Waals surface area contributed by atoms with Crippen molar-refractivity contribution in [3.63, 3.8) is 0 Å². The zero-order valence-electron chi connectivity index (χ0n) is 14.1. The average Bonchev–Trinajstić information content (AvgIpc) is 2.52. The lowest BCUT2D eigenvalue weighted by Gasteiger charge is -2.17. The third kappa shape index (κ3) is 4.10. The highest BCUT2D eigenvalue weighted by atomic mass is 16.6. The van der Waals surface area contributed by atoms with Crippen LogP contribution >= 0.6 is 0 Å². The molecular formula is C18H20N2O4. The Morgan fingerprint density at radius 2 is 1.79 bits per heavy atom. The fourth-order valence-electron chi connectivity index (χ4n) is 2.21. The van der Waals surface area contributed by atoms with Gasteiger partial charge >= 0.3 is 0 Å². The van der Waals surface area contributed by atoms with E-state index in [2.05, 4.69) is 5.32 Å². The molecule has 0 bridgehead atoms. The van der Waals surface area contributed by atoms with Gasteiger partial charge < -0.3 is 10.1 Å². The number of anilines is 1. The Bertz CT molecular complexity index is 787. The summed E-state index contributed by atoms with van der Waals surface area (Å²) in [4.78, 5) is 22.8. The number of hydrogen-bond donors (Lipinski definition) is 1. The van der Waals surface area contributed by atoms with E-state index in [-0.39, 0.29) is 11.6 Å². The maximum absolute atomic E-state index is 12.3. The number of aryl methyl sites for hydroxylation is 3. The van der Waals surface area contributed by atoms with Crippen LogP contribution in [0, 0.1) is 30.9 Å². The summed E-state index contributed by atoms with van der Waals surface area (Å²) >= 11 is 0. The quantitative estimate of drug-likeness (QED) is 0.666. The molecule has 0 radical (unpaired) electrons. The molecule has 0 aliphatic heterocycles. The lowest BCUT2D eigenvalue weighted by Crippen LogP contribution is -2.30. The summed E-state index contributed by atoms with van der Waals surface area (Å²) in [6, 6.07) is 10.3. The number of nitrogens with zero attached hydrogens (tertiary/aromatic N) is 1. The first kappa shape index (κ1) is 17.5. The van der Waals surface area contributed by atoms with E-state index in [1.165, 1.54) is 6.07 Å². The normalized spacial score (nSPS) is 11.7. The van der Waals surface area contributed by atoms with Crippen molar-refractivity contribution in [2.24, 2.45) is 0 Å². The van der Waals surface area contributed by atoms with Gasteiger partial charge in [0.1, 0.15) is 5.75 Å². The van der Waals surface area contributed by atoms with E-state index in [1.54, 1.807) is 26.0 Å². The number of nitro groups is 1. The molecule has 2 aromatic rings. The van der Waals surface area contributed by atoms with Crippen LogP contribution in [0.5, 0.6) is 5.75 Å². The van der Waals surface area contributed by atoms with Gasteiger partial charge in [0.25, 0.3) is 11.6 Å². The SMILES string of the molecule is Cc1ccc(C)c(OC(C)C(=O)Nc2ccc(C)c([N+](=O)[O-])c2)c1. The lowest BCUT2D eigenvalue weighted by molar-refractivity contribution is -0.385. The zero-order valence-corrected chi connectivity index (χ0v) is 14.1. The minimum absolute atomic E-state index is 0.0316. The summed E-state index contributed by atoms with van der Waals surface area (Å²) in [5, 5.41) is 13.6. The highest BCUT2D eigenvalue weighted by Gasteiger charge is 2.18. The van der Waals surface area contributed by atoms with Crippen LogP contribution in [0.15, 0.2) is 36.4 Å². The Morgan fingerprint density at radius 1 is 1.12 bits per heavy atom. The molecule has 0 aliphatic carbocycles. The highest BCUT2D eigenvalue weighted by molar-refractivity contribution is 5.94. The minimum Gasteiger partial charge on any atom is -0.481 e. The average molecular weight is 328 g/mol. The van der Waals surface area contributed by atoms with Crippen LogP contribution in [0.1, 0.15) is 23.6 Å². The van der Waals surface area contributed by atoms with E-state index in [0.29, 0.717) is 17.0 Å². The molecule has 0 aromatic heterocycles. The summed E-state index contributed by atoms with van der Waals surface area (Å²) in [6.07, 6.45) is -0.731. The van der Waals surface area contributed by atoms with Gasteiger partial charge in [0.15, 0.2) is 6.10 Å². The Labute approximate surface area is 140 Å². The largest absolute Gasteiger partial charge is 0.481 e. The number of amides is 1. The van der Waals surface area contributed by atoms with Crippen LogP contribution < -0.4 is 10.1 Å². The molecule has 0 aliphatic rings. The second-order valence-electron chi connectivity index (χ2n) is 5.78. The minimum atomic E-state index is -0.731. The Balaban J connectivity index is 2.10. The number of nitrogens with one attached hydrogen (secondary N) is 1. The molecule has 2 aromatic carbocycles. The Morgan fingerprint density at radius 3 is 2.46 bits per heavy atom. The molecule has 24 heavy (non-hydrogen) atoms. The van der Waals surface area contributed by atoms with Crippen molar-refractivity contribution in [2.75, 3.05) is 5.32 Å². The van der Waals surface area contributed by atoms with E-state index in [1.807, 2.05) is 32.0 Å². The Kier molecular flexibility index (Phi) is 5.18.